The molecule has 2 aliphatic rings. The van der Waals surface area contributed by atoms with Gasteiger partial charge in [-0.2, -0.15) is 0 Å². The van der Waals surface area contributed by atoms with E-state index in [2.05, 4.69) is 60.7 Å². The number of benzene rings is 2. The van der Waals surface area contributed by atoms with Gasteiger partial charge in [0.25, 0.3) is 0 Å². The predicted octanol–water partition coefficient (Wildman–Crippen LogP) is 4.35. The second-order valence-corrected chi connectivity index (χ2v) is 5.57. The van der Waals surface area contributed by atoms with Gasteiger partial charge in [0, 0.05) is 11.1 Å². The second-order valence-electron chi connectivity index (χ2n) is 5.57. The van der Waals surface area contributed by atoms with Gasteiger partial charge in [0.05, 0.1) is 12.3 Å². The van der Waals surface area contributed by atoms with Gasteiger partial charge in [0.2, 0.25) is 0 Å². The molecule has 0 unspecified atom stereocenters. The van der Waals surface area contributed by atoms with Crippen LogP contribution >= 0.6 is 0 Å². The number of nitrogens with zero attached hydrogens (tertiary/aromatic N) is 1. The Morgan fingerprint density at radius 3 is 1.95 bits per heavy atom. The molecule has 98 valence electrons. The summed E-state index contributed by atoms with van der Waals surface area (Å²) in [6.07, 6.45) is 2.67. The Morgan fingerprint density at radius 1 is 0.750 bits per heavy atom. The normalized spacial score (nSPS) is 18.3. The lowest BCUT2D eigenvalue weighted by molar-refractivity contribution is 0.962. The summed E-state index contributed by atoms with van der Waals surface area (Å²) < 4.78 is 0. The summed E-state index contributed by atoms with van der Waals surface area (Å²) in [5, 5.41) is 0. The van der Waals surface area contributed by atoms with E-state index in [0.29, 0.717) is 0 Å². The Balaban J connectivity index is 1.84. The zero-order valence-electron chi connectivity index (χ0n) is 11.4. The highest BCUT2D eigenvalue weighted by Crippen LogP contribution is 2.43. The quantitative estimate of drug-likeness (QED) is 0.777. The maximum Gasteiger partial charge on any atom is 0.0729 e. The van der Waals surface area contributed by atoms with E-state index in [1.54, 1.807) is 5.57 Å². The molecule has 1 heteroatoms. The van der Waals surface area contributed by atoms with Crippen LogP contribution in [0.4, 0.5) is 0 Å². The lowest BCUT2D eigenvalue weighted by Gasteiger charge is -2.10. The van der Waals surface area contributed by atoms with E-state index in [1.807, 2.05) is 0 Å². The monoisotopic (exact) mass is 259 g/mol. The van der Waals surface area contributed by atoms with Gasteiger partial charge in [-0.3, -0.25) is 4.99 Å². The van der Waals surface area contributed by atoms with E-state index >= 15 is 0 Å². The molecule has 0 spiro atoms. The minimum Gasteiger partial charge on any atom is -0.280 e. The molecule has 4 rings (SSSR count). The van der Waals surface area contributed by atoms with Crippen molar-refractivity contribution in [3.05, 3.63) is 77.4 Å². The van der Waals surface area contributed by atoms with Gasteiger partial charge in [-0.05, 0) is 29.9 Å². The van der Waals surface area contributed by atoms with Gasteiger partial charge < -0.3 is 0 Å². The maximum absolute atomic E-state index is 4.85. The first-order chi connectivity index (χ1) is 9.93. The molecular formula is C19H17N. The van der Waals surface area contributed by atoms with E-state index in [9.17, 15) is 0 Å². The molecule has 1 heterocycles. The van der Waals surface area contributed by atoms with E-state index in [1.165, 1.54) is 35.3 Å². The molecule has 20 heavy (non-hydrogen) atoms. The van der Waals surface area contributed by atoms with E-state index < -0.39 is 0 Å². The van der Waals surface area contributed by atoms with Crippen molar-refractivity contribution in [3.8, 4) is 0 Å². The fourth-order valence-electron chi connectivity index (χ4n) is 3.00. The summed E-state index contributed by atoms with van der Waals surface area (Å²) in [5.41, 5.74) is 6.67. The van der Waals surface area contributed by atoms with Gasteiger partial charge in [-0.25, -0.2) is 0 Å². The molecule has 0 radical (unpaired) electrons. The Hall–Kier alpha value is -2.15. The molecule has 0 saturated heterocycles. The predicted molar refractivity (Wildman–Crippen MR) is 83.9 cm³/mol. The third-order valence-electron chi connectivity index (χ3n) is 4.15. The van der Waals surface area contributed by atoms with Crippen molar-refractivity contribution in [1.82, 2.24) is 0 Å². The van der Waals surface area contributed by atoms with Crippen molar-refractivity contribution in [1.29, 1.82) is 0 Å². The van der Waals surface area contributed by atoms with Crippen LogP contribution in [0, 0.1) is 5.92 Å². The second kappa shape index (κ2) is 4.75. The smallest absolute Gasteiger partial charge is 0.0729 e. The molecule has 0 N–H and O–H groups in total. The molecule has 0 aromatic heterocycles. The van der Waals surface area contributed by atoms with Crippen LogP contribution in [0.2, 0.25) is 0 Å². The molecule has 2 aromatic rings. The summed E-state index contributed by atoms with van der Waals surface area (Å²) in [6.45, 7) is 0.888. The third kappa shape index (κ3) is 2.00. The average Bonchev–Trinajstić information content (AvgIpc) is 3.27. The SMILES string of the molecule is c1ccc(C2=NCC(C3CC3)=C2c2ccccc2)cc1. The minimum atomic E-state index is 0.773. The molecule has 0 amide bonds. The molecule has 1 fully saturated rings. The van der Waals surface area contributed by atoms with Crippen molar-refractivity contribution in [2.75, 3.05) is 6.54 Å². The lowest BCUT2D eigenvalue weighted by Crippen LogP contribution is -2.03. The van der Waals surface area contributed by atoms with Gasteiger partial charge in [-0.1, -0.05) is 60.7 Å². The number of rotatable bonds is 3. The highest BCUT2D eigenvalue weighted by molar-refractivity contribution is 6.34. The zero-order chi connectivity index (χ0) is 13.4. The van der Waals surface area contributed by atoms with Crippen LogP contribution in [0.5, 0.6) is 0 Å². The van der Waals surface area contributed by atoms with Gasteiger partial charge in [0.15, 0.2) is 0 Å². The molecule has 0 atom stereocenters. The van der Waals surface area contributed by atoms with Crippen LogP contribution in [0.3, 0.4) is 0 Å². The topological polar surface area (TPSA) is 12.4 Å². The highest BCUT2D eigenvalue weighted by Gasteiger charge is 2.33. The van der Waals surface area contributed by atoms with Crippen LogP contribution in [0.15, 0.2) is 71.2 Å². The largest absolute Gasteiger partial charge is 0.280 e. The number of aliphatic imine (C=N–C) groups is 1. The van der Waals surface area contributed by atoms with Gasteiger partial charge in [-0.15, -0.1) is 0 Å². The Morgan fingerprint density at radius 2 is 1.35 bits per heavy atom. The first kappa shape index (κ1) is 11.7. The molecule has 1 aliphatic heterocycles. The molecule has 1 saturated carbocycles. The Bertz CT molecular complexity index is 676. The van der Waals surface area contributed by atoms with Gasteiger partial charge >= 0.3 is 0 Å². The van der Waals surface area contributed by atoms with Crippen molar-refractivity contribution < 1.29 is 0 Å². The van der Waals surface area contributed by atoms with Crippen molar-refractivity contribution in [2.45, 2.75) is 12.8 Å². The number of hydrogen-bond acceptors (Lipinski definition) is 1. The van der Waals surface area contributed by atoms with Crippen LogP contribution in [-0.4, -0.2) is 12.3 Å². The third-order valence-corrected chi connectivity index (χ3v) is 4.15. The molecule has 1 aliphatic carbocycles. The fraction of sp³-hybridized carbons (Fsp3) is 0.211. The van der Waals surface area contributed by atoms with E-state index in [4.69, 9.17) is 4.99 Å². The molecule has 2 aromatic carbocycles. The van der Waals surface area contributed by atoms with E-state index in [-0.39, 0.29) is 0 Å². The Labute approximate surface area is 119 Å². The summed E-state index contributed by atoms with van der Waals surface area (Å²) in [6, 6.07) is 21.3. The van der Waals surface area contributed by atoms with Crippen molar-refractivity contribution in [2.24, 2.45) is 10.9 Å². The fourth-order valence-corrected chi connectivity index (χ4v) is 3.00. The van der Waals surface area contributed by atoms with E-state index in [0.717, 1.165) is 12.5 Å². The summed E-state index contributed by atoms with van der Waals surface area (Å²) in [7, 11) is 0. The standard InChI is InChI=1S/C19H17N/c1-3-7-15(8-4-1)18-17(14-11-12-14)13-20-19(18)16-9-5-2-6-10-16/h1-10,14H,11-13H2. The number of hydrogen-bond donors (Lipinski definition) is 0. The van der Waals surface area contributed by atoms with Crippen LogP contribution in [0.25, 0.3) is 5.57 Å². The maximum atomic E-state index is 4.85. The summed E-state index contributed by atoms with van der Waals surface area (Å²) in [4.78, 5) is 4.85. The van der Waals surface area contributed by atoms with Crippen LogP contribution in [-0.2, 0) is 0 Å². The minimum absolute atomic E-state index is 0.773. The van der Waals surface area contributed by atoms with Crippen molar-refractivity contribution in [3.63, 3.8) is 0 Å². The molecule has 0 bridgehead atoms. The lowest BCUT2D eigenvalue weighted by atomic mass is 9.92. The van der Waals surface area contributed by atoms with Crippen LogP contribution < -0.4 is 0 Å². The summed E-state index contributed by atoms with van der Waals surface area (Å²) >= 11 is 0. The first-order valence-electron chi connectivity index (χ1n) is 7.32. The van der Waals surface area contributed by atoms with Crippen molar-refractivity contribution >= 4 is 11.3 Å². The average molecular weight is 259 g/mol. The zero-order valence-corrected chi connectivity index (χ0v) is 11.4. The summed E-state index contributed by atoms with van der Waals surface area (Å²) in [5.74, 6) is 0.773. The highest BCUT2D eigenvalue weighted by atomic mass is 14.8. The Kier molecular flexibility index (Phi) is 2.77. The number of allylic oxidation sites excluding steroid dienone is 1. The van der Waals surface area contributed by atoms with Gasteiger partial charge in [0.1, 0.15) is 0 Å². The molecular weight excluding hydrogens is 242 g/mol. The first-order valence-corrected chi connectivity index (χ1v) is 7.32. The molecule has 1 nitrogen and oxygen atoms in total. The van der Waals surface area contributed by atoms with Crippen LogP contribution in [0.1, 0.15) is 24.0 Å².